The second-order valence-electron chi connectivity index (χ2n) is 5.68. The van der Waals surface area contributed by atoms with Crippen molar-refractivity contribution >= 4 is 6.34 Å². The van der Waals surface area contributed by atoms with Crippen LogP contribution >= 0.6 is 0 Å². The van der Waals surface area contributed by atoms with E-state index in [-0.39, 0.29) is 0 Å². The van der Waals surface area contributed by atoms with Crippen LogP contribution in [-0.4, -0.2) is 25.0 Å². The van der Waals surface area contributed by atoms with Gasteiger partial charge in [0.2, 0.25) is 0 Å². The molecule has 4 heteroatoms. The number of methoxy groups -OCH3 is 2. The second kappa shape index (κ2) is 6.67. The predicted octanol–water partition coefficient (Wildman–Crippen LogP) is 3.73. The summed E-state index contributed by atoms with van der Waals surface area (Å²) in [5, 5.41) is 0. The van der Waals surface area contributed by atoms with Crippen molar-refractivity contribution in [2.75, 3.05) is 14.2 Å². The van der Waals surface area contributed by atoms with Crippen molar-refractivity contribution in [1.29, 1.82) is 0 Å². The molecule has 4 nitrogen and oxygen atoms in total. The molecule has 0 saturated heterocycles. The highest BCUT2D eigenvalue weighted by Crippen LogP contribution is 2.24. The van der Waals surface area contributed by atoms with Crippen LogP contribution in [0.4, 0.5) is 0 Å². The van der Waals surface area contributed by atoms with Gasteiger partial charge < -0.3 is 9.47 Å². The number of ether oxygens (including phenoxy) is 2. The van der Waals surface area contributed by atoms with Crippen LogP contribution in [0.5, 0.6) is 11.5 Å². The van der Waals surface area contributed by atoms with E-state index >= 15 is 0 Å². The van der Waals surface area contributed by atoms with Gasteiger partial charge in [-0.15, -0.1) is 0 Å². The maximum absolute atomic E-state index is 5.22. The molecule has 0 spiro atoms. The van der Waals surface area contributed by atoms with E-state index in [0.717, 1.165) is 24.6 Å². The smallest absolute Gasteiger partial charge is 0.195 e. The molecule has 0 N–H and O–H groups in total. The van der Waals surface area contributed by atoms with Crippen LogP contribution in [-0.2, 0) is 13.1 Å². The molecule has 0 unspecified atom stereocenters. The van der Waals surface area contributed by atoms with Crippen LogP contribution in [0.3, 0.4) is 0 Å². The highest BCUT2D eigenvalue weighted by atomic mass is 16.5. The summed E-state index contributed by atoms with van der Waals surface area (Å²) in [5.41, 5.74) is 2.50. The standard InChI is InChI=1S/C19H21N2O2/c1-22-18-7-3-16(4-8-18)13-21(12-11-20-15-21)14-17-5-9-19(23-2)10-6-17/h3-12,15H,13-14H2,1-2H3/q+1. The topological polar surface area (TPSA) is 30.8 Å². The lowest BCUT2D eigenvalue weighted by atomic mass is 10.1. The van der Waals surface area contributed by atoms with E-state index in [2.05, 4.69) is 35.5 Å². The molecule has 0 aliphatic carbocycles. The summed E-state index contributed by atoms with van der Waals surface area (Å²) >= 11 is 0. The summed E-state index contributed by atoms with van der Waals surface area (Å²) in [4.78, 5) is 4.31. The first kappa shape index (κ1) is 15.3. The summed E-state index contributed by atoms with van der Waals surface area (Å²) in [5.74, 6) is 1.75. The van der Waals surface area contributed by atoms with Crippen molar-refractivity contribution in [2.24, 2.45) is 4.99 Å². The van der Waals surface area contributed by atoms with Crippen molar-refractivity contribution in [3.8, 4) is 11.5 Å². The molecule has 1 heterocycles. The Morgan fingerprint density at radius 2 is 1.26 bits per heavy atom. The zero-order valence-electron chi connectivity index (χ0n) is 13.5. The molecule has 0 saturated carbocycles. The number of nitrogens with zero attached hydrogens (tertiary/aromatic N) is 2. The van der Waals surface area contributed by atoms with Crippen LogP contribution in [0, 0.1) is 0 Å². The fraction of sp³-hybridized carbons (Fsp3) is 0.211. The van der Waals surface area contributed by atoms with Gasteiger partial charge in [0.15, 0.2) is 6.34 Å². The molecule has 23 heavy (non-hydrogen) atoms. The van der Waals surface area contributed by atoms with Crippen molar-refractivity contribution in [3.63, 3.8) is 0 Å². The van der Waals surface area contributed by atoms with Crippen molar-refractivity contribution in [3.05, 3.63) is 72.1 Å². The van der Waals surface area contributed by atoms with Gasteiger partial charge in [-0.2, -0.15) is 0 Å². The van der Waals surface area contributed by atoms with Gasteiger partial charge in [0.05, 0.1) is 20.4 Å². The van der Waals surface area contributed by atoms with Crippen molar-refractivity contribution in [2.45, 2.75) is 13.1 Å². The van der Waals surface area contributed by atoms with Gasteiger partial charge in [0.25, 0.3) is 0 Å². The minimum Gasteiger partial charge on any atom is -0.497 e. The summed E-state index contributed by atoms with van der Waals surface area (Å²) < 4.78 is 11.1. The van der Waals surface area contributed by atoms with Gasteiger partial charge in [0.1, 0.15) is 30.8 Å². The van der Waals surface area contributed by atoms with Crippen LogP contribution in [0.2, 0.25) is 0 Å². The molecule has 2 aromatic carbocycles. The third-order valence-electron chi connectivity index (χ3n) is 4.02. The number of hydrogen-bond donors (Lipinski definition) is 0. The number of aliphatic imine (C=N–C) groups is 1. The number of hydrogen-bond acceptors (Lipinski definition) is 3. The van der Waals surface area contributed by atoms with Crippen LogP contribution < -0.4 is 9.47 Å². The largest absolute Gasteiger partial charge is 0.497 e. The molecule has 2 aromatic rings. The van der Waals surface area contributed by atoms with E-state index in [9.17, 15) is 0 Å². The summed E-state index contributed by atoms with van der Waals surface area (Å²) in [7, 11) is 3.37. The van der Waals surface area contributed by atoms with Crippen LogP contribution in [0.1, 0.15) is 11.1 Å². The predicted molar refractivity (Wildman–Crippen MR) is 91.3 cm³/mol. The fourth-order valence-electron chi connectivity index (χ4n) is 2.77. The zero-order valence-corrected chi connectivity index (χ0v) is 13.5. The Morgan fingerprint density at radius 3 is 1.61 bits per heavy atom. The molecular weight excluding hydrogens is 288 g/mol. The molecule has 0 atom stereocenters. The fourth-order valence-corrected chi connectivity index (χ4v) is 2.77. The van der Waals surface area contributed by atoms with Crippen molar-refractivity contribution in [1.82, 2.24) is 0 Å². The Labute approximate surface area is 136 Å². The first-order chi connectivity index (χ1) is 11.2. The Balaban J connectivity index is 1.78. The van der Waals surface area contributed by atoms with Gasteiger partial charge in [0, 0.05) is 11.1 Å². The van der Waals surface area contributed by atoms with E-state index in [1.54, 1.807) is 14.2 Å². The van der Waals surface area contributed by atoms with Gasteiger partial charge in [-0.1, -0.05) is 0 Å². The van der Waals surface area contributed by atoms with Gasteiger partial charge >= 0.3 is 0 Å². The lowest BCUT2D eigenvalue weighted by Gasteiger charge is -2.27. The molecule has 0 fully saturated rings. The summed E-state index contributed by atoms with van der Waals surface area (Å²) in [6, 6.07) is 16.4. The number of quaternary nitrogens is 1. The van der Waals surface area contributed by atoms with E-state index in [4.69, 9.17) is 9.47 Å². The molecule has 0 radical (unpaired) electrons. The summed E-state index contributed by atoms with van der Waals surface area (Å²) in [6.07, 6.45) is 6.00. The summed E-state index contributed by atoms with van der Waals surface area (Å²) in [6.45, 7) is 1.71. The third kappa shape index (κ3) is 3.60. The quantitative estimate of drug-likeness (QED) is 0.761. The molecule has 1 aliphatic heterocycles. The molecule has 0 bridgehead atoms. The average molecular weight is 309 g/mol. The maximum Gasteiger partial charge on any atom is 0.195 e. The monoisotopic (exact) mass is 309 g/mol. The van der Waals surface area contributed by atoms with Crippen LogP contribution in [0.25, 0.3) is 0 Å². The number of benzene rings is 2. The zero-order chi connectivity index (χ0) is 16.1. The Morgan fingerprint density at radius 1 is 0.783 bits per heavy atom. The molecule has 0 amide bonds. The minimum atomic E-state index is 0.679. The first-order valence-corrected chi connectivity index (χ1v) is 7.57. The lowest BCUT2D eigenvalue weighted by molar-refractivity contribution is -0.808. The molecule has 0 aromatic heterocycles. The highest BCUT2D eigenvalue weighted by molar-refractivity contribution is 5.51. The van der Waals surface area contributed by atoms with E-state index in [1.165, 1.54) is 11.1 Å². The Kier molecular flexibility index (Phi) is 4.44. The molecular formula is C19H21N2O2+. The molecule has 1 aliphatic rings. The average Bonchev–Trinajstić information content (AvgIpc) is 3.04. The third-order valence-corrected chi connectivity index (χ3v) is 4.02. The van der Waals surface area contributed by atoms with Crippen molar-refractivity contribution < 1.29 is 14.0 Å². The molecule has 3 rings (SSSR count). The Bertz CT molecular complexity index is 640. The minimum absolute atomic E-state index is 0.679. The normalized spacial score (nSPS) is 14.9. The van der Waals surface area contributed by atoms with Crippen LogP contribution in [0.15, 0.2) is 65.9 Å². The van der Waals surface area contributed by atoms with E-state index < -0.39 is 0 Å². The lowest BCUT2D eigenvalue weighted by Crippen LogP contribution is -2.38. The maximum atomic E-state index is 5.22. The Hall–Kier alpha value is -2.59. The molecule has 118 valence electrons. The van der Waals surface area contributed by atoms with Gasteiger partial charge in [-0.25, -0.2) is 9.48 Å². The first-order valence-electron chi connectivity index (χ1n) is 7.57. The second-order valence-corrected chi connectivity index (χ2v) is 5.68. The van der Waals surface area contributed by atoms with E-state index in [0.29, 0.717) is 4.48 Å². The SMILES string of the molecule is COc1ccc(C[N+]2(Cc3ccc(OC)cc3)C=CN=C2)cc1. The number of rotatable bonds is 6. The van der Waals surface area contributed by atoms with Gasteiger partial charge in [-0.3, -0.25) is 0 Å². The highest BCUT2D eigenvalue weighted by Gasteiger charge is 2.27. The van der Waals surface area contributed by atoms with Gasteiger partial charge in [-0.05, 0) is 48.5 Å². The van der Waals surface area contributed by atoms with E-state index in [1.807, 2.05) is 36.8 Å².